The van der Waals surface area contributed by atoms with Crippen molar-refractivity contribution in [2.24, 2.45) is 11.8 Å². The molecular formula is C14H20F3N. The molecule has 1 aromatic rings. The van der Waals surface area contributed by atoms with Gasteiger partial charge in [0, 0.05) is 6.04 Å². The Balaban J connectivity index is 3.08. The van der Waals surface area contributed by atoms with Crippen molar-refractivity contribution in [2.45, 2.75) is 33.0 Å². The van der Waals surface area contributed by atoms with Crippen LogP contribution in [-0.2, 0) is 6.18 Å². The molecule has 1 aromatic carbocycles. The molecule has 0 spiro atoms. The third-order valence-corrected chi connectivity index (χ3v) is 3.46. The number of benzene rings is 1. The Kier molecular flexibility index (Phi) is 4.79. The van der Waals surface area contributed by atoms with Gasteiger partial charge in [0.25, 0.3) is 0 Å². The molecule has 0 saturated carbocycles. The lowest BCUT2D eigenvalue weighted by molar-refractivity contribution is -0.137. The number of hydrogen-bond acceptors (Lipinski definition) is 1. The molecule has 1 N–H and O–H groups in total. The first-order valence-electron chi connectivity index (χ1n) is 6.11. The first kappa shape index (κ1) is 15.0. The van der Waals surface area contributed by atoms with Gasteiger partial charge in [0.05, 0.1) is 5.56 Å². The molecule has 0 heterocycles. The van der Waals surface area contributed by atoms with E-state index in [1.165, 1.54) is 12.1 Å². The van der Waals surface area contributed by atoms with Crippen LogP contribution in [0.4, 0.5) is 13.2 Å². The quantitative estimate of drug-likeness (QED) is 0.852. The van der Waals surface area contributed by atoms with Gasteiger partial charge < -0.3 is 5.32 Å². The maximum Gasteiger partial charge on any atom is 0.416 e. The summed E-state index contributed by atoms with van der Waals surface area (Å²) in [5.41, 5.74) is 0.102. The lowest BCUT2D eigenvalue weighted by atomic mass is 9.85. The number of nitrogens with one attached hydrogen (secondary N) is 1. The summed E-state index contributed by atoms with van der Waals surface area (Å²) in [5, 5.41) is 3.11. The van der Waals surface area contributed by atoms with E-state index in [1.807, 2.05) is 6.92 Å². The summed E-state index contributed by atoms with van der Waals surface area (Å²) in [6, 6.07) is 5.49. The van der Waals surface area contributed by atoms with E-state index < -0.39 is 11.7 Å². The summed E-state index contributed by atoms with van der Waals surface area (Å²) in [4.78, 5) is 0. The normalized spacial score (nSPS) is 15.8. The van der Waals surface area contributed by atoms with Gasteiger partial charge in [-0.25, -0.2) is 0 Å². The molecule has 4 heteroatoms. The van der Waals surface area contributed by atoms with Crippen molar-refractivity contribution in [1.82, 2.24) is 5.32 Å². The van der Waals surface area contributed by atoms with Crippen molar-refractivity contribution in [2.75, 3.05) is 7.05 Å². The summed E-state index contributed by atoms with van der Waals surface area (Å²) in [5.74, 6) is 0.662. The van der Waals surface area contributed by atoms with E-state index in [1.54, 1.807) is 13.1 Å². The Bertz CT molecular complexity index is 385. The molecule has 0 aliphatic rings. The minimum Gasteiger partial charge on any atom is -0.313 e. The lowest BCUT2D eigenvalue weighted by Gasteiger charge is -2.27. The maximum atomic E-state index is 12.7. The van der Waals surface area contributed by atoms with Crippen LogP contribution in [0.15, 0.2) is 24.3 Å². The molecule has 0 amide bonds. The maximum absolute atomic E-state index is 12.7. The monoisotopic (exact) mass is 259 g/mol. The van der Waals surface area contributed by atoms with E-state index in [0.717, 1.165) is 6.07 Å². The molecule has 0 radical (unpaired) electrons. The Morgan fingerprint density at radius 3 is 2.17 bits per heavy atom. The van der Waals surface area contributed by atoms with Gasteiger partial charge in [-0.1, -0.05) is 32.9 Å². The van der Waals surface area contributed by atoms with Gasteiger partial charge in [0.15, 0.2) is 0 Å². The second-order valence-corrected chi connectivity index (χ2v) is 4.99. The molecule has 0 bridgehead atoms. The summed E-state index contributed by atoms with van der Waals surface area (Å²) in [6.45, 7) is 6.19. The van der Waals surface area contributed by atoms with E-state index in [0.29, 0.717) is 11.5 Å². The number of alkyl halides is 3. The van der Waals surface area contributed by atoms with Crippen LogP contribution in [0.1, 0.15) is 37.9 Å². The number of hydrogen-bond donors (Lipinski definition) is 1. The highest BCUT2D eigenvalue weighted by atomic mass is 19.4. The summed E-state index contributed by atoms with van der Waals surface area (Å²) < 4.78 is 38.0. The zero-order chi connectivity index (χ0) is 13.9. The van der Waals surface area contributed by atoms with Gasteiger partial charge in [0.2, 0.25) is 0 Å². The predicted molar refractivity (Wildman–Crippen MR) is 67.2 cm³/mol. The second-order valence-electron chi connectivity index (χ2n) is 4.99. The number of rotatable bonds is 4. The topological polar surface area (TPSA) is 12.0 Å². The third kappa shape index (κ3) is 3.48. The first-order chi connectivity index (χ1) is 8.27. The average molecular weight is 259 g/mol. The molecule has 0 aromatic heterocycles. The van der Waals surface area contributed by atoms with Gasteiger partial charge >= 0.3 is 6.18 Å². The Morgan fingerprint density at radius 1 is 1.11 bits per heavy atom. The zero-order valence-electron chi connectivity index (χ0n) is 11.2. The fourth-order valence-corrected chi connectivity index (χ4v) is 2.03. The number of halogens is 3. The Morgan fingerprint density at radius 2 is 1.72 bits per heavy atom. The van der Waals surface area contributed by atoms with Crippen LogP contribution < -0.4 is 5.32 Å². The van der Waals surface area contributed by atoms with Crippen molar-refractivity contribution in [3.8, 4) is 0 Å². The van der Waals surface area contributed by atoms with Gasteiger partial charge in [0.1, 0.15) is 0 Å². The van der Waals surface area contributed by atoms with Crippen molar-refractivity contribution in [1.29, 1.82) is 0 Å². The molecule has 1 nitrogen and oxygen atoms in total. The molecule has 2 unspecified atom stereocenters. The highest BCUT2D eigenvalue weighted by Gasteiger charge is 2.31. The minimum absolute atomic E-state index is 0.0627. The van der Waals surface area contributed by atoms with E-state index in [9.17, 15) is 13.2 Å². The second kappa shape index (κ2) is 5.74. The molecule has 1 rings (SSSR count). The van der Waals surface area contributed by atoms with Gasteiger partial charge in [-0.05, 0) is 36.6 Å². The summed E-state index contributed by atoms with van der Waals surface area (Å²) >= 11 is 0. The average Bonchev–Trinajstić information content (AvgIpc) is 2.29. The highest BCUT2D eigenvalue weighted by molar-refractivity contribution is 5.28. The SMILES string of the molecule is CNC(c1cccc(C(F)(F)F)c1)C(C)C(C)C. The largest absolute Gasteiger partial charge is 0.416 e. The molecule has 2 atom stereocenters. The first-order valence-corrected chi connectivity index (χ1v) is 6.11. The molecule has 18 heavy (non-hydrogen) atoms. The van der Waals surface area contributed by atoms with Crippen LogP contribution in [0.3, 0.4) is 0 Å². The highest BCUT2D eigenvalue weighted by Crippen LogP contribution is 2.33. The van der Waals surface area contributed by atoms with Crippen LogP contribution >= 0.6 is 0 Å². The van der Waals surface area contributed by atoms with Gasteiger partial charge in [-0.2, -0.15) is 13.2 Å². The molecule has 0 saturated heterocycles. The van der Waals surface area contributed by atoms with Crippen LogP contribution in [0.5, 0.6) is 0 Å². The van der Waals surface area contributed by atoms with Crippen molar-refractivity contribution < 1.29 is 13.2 Å². The van der Waals surface area contributed by atoms with Gasteiger partial charge in [-0.15, -0.1) is 0 Å². The molecule has 0 aliphatic heterocycles. The molecule has 0 aliphatic carbocycles. The van der Waals surface area contributed by atoms with E-state index in [4.69, 9.17) is 0 Å². The molecule has 102 valence electrons. The van der Waals surface area contributed by atoms with Crippen molar-refractivity contribution >= 4 is 0 Å². The fourth-order valence-electron chi connectivity index (χ4n) is 2.03. The third-order valence-electron chi connectivity index (χ3n) is 3.46. The van der Waals surface area contributed by atoms with Crippen LogP contribution in [0, 0.1) is 11.8 Å². The van der Waals surface area contributed by atoms with Crippen LogP contribution in [0.25, 0.3) is 0 Å². The molecule has 0 fully saturated rings. The van der Waals surface area contributed by atoms with E-state index >= 15 is 0 Å². The summed E-state index contributed by atoms with van der Waals surface area (Å²) in [7, 11) is 1.78. The lowest BCUT2D eigenvalue weighted by Crippen LogP contribution is -2.27. The summed E-state index contributed by atoms with van der Waals surface area (Å²) in [6.07, 6.45) is -4.28. The Labute approximate surface area is 106 Å². The smallest absolute Gasteiger partial charge is 0.313 e. The zero-order valence-corrected chi connectivity index (χ0v) is 11.2. The molecular weight excluding hydrogens is 239 g/mol. The van der Waals surface area contributed by atoms with Gasteiger partial charge in [-0.3, -0.25) is 0 Å². The van der Waals surface area contributed by atoms with Crippen LogP contribution in [0.2, 0.25) is 0 Å². The van der Waals surface area contributed by atoms with E-state index in [2.05, 4.69) is 19.2 Å². The predicted octanol–water partition coefficient (Wildman–Crippen LogP) is 4.26. The van der Waals surface area contributed by atoms with Crippen molar-refractivity contribution in [3.05, 3.63) is 35.4 Å². The van der Waals surface area contributed by atoms with E-state index in [-0.39, 0.29) is 12.0 Å². The standard InChI is InChI=1S/C14H20F3N/c1-9(2)10(3)13(18-4)11-6-5-7-12(8-11)14(15,16)17/h5-10,13,18H,1-4H3. The fraction of sp³-hybridized carbons (Fsp3) is 0.571. The van der Waals surface area contributed by atoms with Crippen molar-refractivity contribution in [3.63, 3.8) is 0 Å². The Hall–Kier alpha value is -1.03. The van der Waals surface area contributed by atoms with Crippen LogP contribution in [-0.4, -0.2) is 7.05 Å². The minimum atomic E-state index is -4.28.